The third-order valence-corrected chi connectivity index (χ3v) is 4.32. The highest BCUT2D eigenvalue weighted by atomic mass is 16.5. The first-order valence-electron chi connectivity index (χ1n) is 8.13. The van der Waals surface area contributed by atoms with E-state index in [9.17, 15) is 9.90 Å². The van der Waals surface area contributed by atoms with Crippen molar-refractivity contribution in [1.82, 2.24) is 0 Å². The first-order valence-corrected chi connectivity index (χ1v) is 8.13. The van der Waals surface area contributed by atoms with E-state index in [2.05, 4.69) is 0 Å². The van der Waals surface area contributed by atoms with E-state index in [4.69, 9.17) is 4.74 Å². The van der Waals surface area contributed by atoms with Crippen LogP contribution in [-0.2, 0) is 4.79 Å². The number of amides is 1. The van der Waals surface area contributed by atoms with E-state index in [0.717, 1.165) is 11.3 Å². The van der Waals surface area contributed by atoms with Gasteiger partial charge in [-0.05, 0) is 42.0 Å². The van der Waals surface area contributed by atoms with Gasteiger partial charge in [-0.25, -0.2) is 0 Å². The van der Waals surface area contributed by atoms with Gasteiger partial charge < -0.3 is 9.84 Å². The van der Waals surface area contributed by atoms with Crippen LogP contribution in [0.15, 0.2) is 84.9 Å². The maximum atomic E-state index is 12.8. The van der Waals surface area contributed by atoms with E-state index < -0.39 is 6.10 Å². The van der Waals surface area contributed by atoms with Gasteiger partial charge >= 0.3 is 0 Å². The number of carbonyl (C=O) groups is 1. The van der Waals surface area contributed by atoms with Gasteiger partial charge in [-0.15, -0.1) is 0 Å². The summed E-state index contributed by atoms with van der Waals surface area (Å²) in [7, 11) is 0. The number of para-hydroxylation sites is 1. The summed E-state index contributed by atoms with van der Waals surface area (Å²) in [6, 6.07) is 25.6. The van der Waals surface area contributed by atoms with Crippen LogP contribution in [0.3, 0.4) is 0 Å². The number of nitrogens with zero attached hydrogens (tertiary/aromatic N) is 1. The summed E-state index contributed by atoms with van der Waals surface area (Å²) in [4.78, 5) is 14.5. The normalized spacial score (nSPS) is 19.4. The summed E-state index contributed by atoms with van der Waals surface area (Å²) in [5.41, 5.74) is 1.75. The van der Waals surface area contributed by atoms with Gasteiger partial charge in [0.05, 0.1) is 0 Å². The van der Waals surface area contributed by atoms with Crippen LogP contribution in [-0.4, -0.2) is 17.1 Å². The largest absolute Gasteiger partial charge is 0.508 e. The van der Waals surface area contributed by atoms with Gasteiger partial charge in [0, 0.05) is 5.69 Å². The maximum Gasteiger partial charge on any atom is 0.271 e. The van der Waals surface area contributed by atoms with Crippen molar-refractivity contribution >= 4 is 11.6 Å². The molecule has 0 radical (unpaired) electrons. The molecule has 2 atom stereocenters. The predicted octanol–water partition coefficient (Wildman–Crippen LogP) is 3.93. The number of phenols is 1. The van der Waals surface area contributed by atoms with Crippen molar-refractivity contribution in [2.24, 2.45) is 0 Å². The monoisotopic (exact) mass is 331 g/mol. The van der Waals surface area contributed by atoms with Crippen LogP contribution in [0.1, 0.15) is 11.6 Å². The summed E-state index contributed by atoms with van der Waals surface area (Å²) in [5, 5.41) is 9.50. The van der Waals surface area contributed by atoms with E-state index in [1.807, 2.05) is 60.7 Å². The van der Waals surface area contributed by atoms with Crippen molar-refractivity contribution < 1.29 is 14.6 Å². The second-order valence-electron chi connectivity index (χ2n) is 5.93. The summed E-state index contributed by atoms with van der Waals surface area (Å²) in [6.07, 6.45) is -0.571. The number of rotatable bonds is 4. The Kier molecular flexibility index (Phi) is 3.86. The van der Waals surface area contributed by atoms with Crippen molar-refractivity contribution in [2.45, 2.75) is 12.1 Å². The molecule has 1 aliphatic rings. The van der Waals surface area contributed by atoms with Crippen LogP contribution < -0.4 is 9.64 Å². The lowest BCUT2D eigenvalue weighted by atomic mass is 9.89. The molecule has 3 aromatic carbocycles. The summed E-state index contributed by atoms with van der Waals surface area (Å²) in [5.74, 6) is 0.751. The van der Waals surface area contributed by atoms with Gasteiger partial charge in [-0.2, -0.15) is 0 Å². The average molecular weight is 331 g/mol. The van der Waals surface area contributed by atoms with Crippen molar-refractivity contribution in [3.05, 3.63) is 90.5 Å². The molecule has 4 nitrogen and oxygen atoms in total. The predicted molar refractivity (Wildman–Crippen MR) is 95.6 cm³/mol. The van der Waals surface area contributed by atoms with Crippen LogP contribution in [0.2, 0.25) is 0 Å². The zero-order chi connectivity index (χ0) is 17.2. The Hall–Kier alpha value is -3.27. The van der Waals surface area contributed by atoms with E-state index >= 15 is 0 Å². The van der Waals surface area contributed by atoms with E-state index in [1.165, 1.54) is 0 Å². The third kappa shape index (κ3) is 2.83. The van der Waals surface area contributed by atoms with E-state index in [0.29, 0.717) is 5.75 Å². The highest BCUT2D eigenvalue weighted by Gasteiger charge is 2.50. The quantitative estimate of drug-likeness (QED) is 0.737. The zero-order valence-electron chi connectivity index (χ0n) is 13.4. The van der Waals surface area contributed by atoms with Gasteiger partial charge in [0.2, 0.25) is 6.10 Å². The molecule has 124 valence electrons. The molecule has 1 heterocycles. The Morgan fingerprint density at radius 1 is 0.800 bits per heavy atom. The number of phenolic OH excluding ortho intramolecular Hbond substituents is 1. The number of β-lactam (4-membered cyclic amide) rings is 1. The molecule has 4 heteroatoms. The fourth-order valence-electron chi connectivity index (χ4n) is 3.10. The highest BCUT2D eigenvalue weighted by Crippen LogP contribution is 2.41. The lowest BCUT2D eigenvalue weighted by Crippen LogP contribution is -2.61. The molecule has 0 saturated carbocycles. The average Bonchev–Trinajstić information content (AvgIpc) is 2.66. The molecule has 1 N–H and O–H groups in total. The lowest BCUT2D eigenvalue weighted by Gasteiger charge is -2.46. The molecule has 0 aromatic heterocycles. The van der Waals surface area contributed by atoms with Crippen molar-refractivity contribution in [2.75, 3.05) is 4.90 Å². The number of benzene rings is 3. The minimum Gasteiger partial charge on any atom is -0.508 e. The molecule has 1 fully saturated rings. The molecule has 0 bridgehead atoms. The van der Waals surface area contributed by atoms with Crippen LogP contribution in [0, 0.1) is 0 Å². The molecule has 3 aromatic rings. The van der Waals surface area contributed by atoms with Gasteiger partial charge in [0.25, 0.3) is 5.91 Å². The molecular formula is C21H17NO3. The number of anilines is 1. The Balaban J connectivity index is 1.68. The van der Waals surface area contributed by atoms with Crippen LogP contribution in [0.5, 0.6) is 11.5 Å². The van der Waals surface area contributed by atoms with E-state index in [1.54, 1.807) is 29.2 Å². The van der Waals surface area contributed by atoms with Gasteiger partial charge in [0.1, 0.15) is 17.5 Å². The van der Waals surface area contributed by atoms with E-state index in [-0.39, 0.29) is 17.7 Å². The summed E-state index contributed by atoms with van der Waals surface area (Å²) >= 11 is 0. The molecule has 0 aliphatic carbocycles. The number of hydrogen-bond donors (Lipinski definition) is 1. The Morgan fingerprint density at radius 3 is 2.04 bits per heavy atom. The fourth-order valence-corrected chi connectivity index (χ4v) is 3.10. The second kappa shape index (κ2) is 6.32. The smallest absolute Gasteiger partial charge is 0.271 e. The second-order valence-corrected chi connectivity index (χ2v) is 5.93. The standard InChI is InChI=1S/C21H17NO3/c23-17-13-11-16(12-14-17)22-19(15-7-3-1-4-8-15)20(21(22)24)25-18-9-5-2-6-10-18/h1-14,19-20,23H/t19-,20-/m0/s1. The number of aromatic hydroxyl groups is 1. The third-order valence-electron chi connectivity index (χ3n) is 4.32. The van der Waals surface area contributed by atoms with Crippen molar-refractivity contribution in [1.29, 1.82) is 0 Å². The zero-order valence-corrected chi connectivity index (χ0v) is 13.4. The van der Waals surface area contributed by atoms with Crippen LogP contribution in [0.4, 0.5) is 5.69 Å². The topological polar surface area (TPSA) is 49.8 Å². The fraction of sp³-hybridized carbons (Fsp3) is 0.0952. The van der Waals surface area contributed by atoms with Crippen LogP contribution >= 0.6 is 0 Å². The first-order chi connectivity index (χ1) is 12.2. The molecule has 4 rings (SSSR count). The Bertz CT molecular complexity index is 863. The molecule has 0 unspecified atom stereocenters. The lowest BCUT2D eigenvalue weighted by molar-refractivity contribution is -0.135. The summed E-state index contributed by atoms with van der Waals surface area (Å²) in [6.45, 7) is 0. The summed E-state index contributed by atoms with van der Waals surface area (Å²) < 4.78 is 5.96. The Labute approximate surface area is 145 Å². The molecule has 0 spiro atoms. The SMILES string of the molecule is O=C1[C@@H](Oc2ccccc2)[C@H](c2ccccc2)N1c1ccc(O)cc1. The molecule has 1 saturated heterocycles. The highest BCUT2D eigenvalue weighted by molar-refractivity contribution is 6.05. The maximum absolute atomic E-state index is 12.8. The number of carbonyl (C=O) groups excluding carboxylic acids is 1. The molecule has 25 heavy (non-hydrogen) atoms. The Morgan fingerprint density at radius 2 is 1.40 bits per heavy atom. The number of ether oxygens (including phenoxy) is 1. The minimum absolute atomic E-state index is 0.0941. The van der Waals surface area contributed by atoms with Crippen molar-refractivity contribution in [3.8, 4) is 11.5 Å². The molecule has 1 aliphatic heterocycles. The minimum atomic E-state index is -0.571. The van der Waals surface area contributed by atoms with Gasteiger partial charge in [-0.1, -0.05) is 48.5 Å². The van der Waals surface area contributed by atoms with Crippen molar-refractivity contribution in [3.63, 3.8) is 0 Å². The number of hydrogen-bond acceptors (Lipinski definition) is 3. The van der Waals surface area contributed by atoms with Crippen LogP contribution in [0.25, 0.3) is 0 Å². The molecular weight excluding hydrogens is 314 g/mol. The first kappa shape index (κ1) is 15.3. The van der Waals surface area contributed by atoms with Gasteiger partial charge in [0.15, 0.2) is 0 Å². The van der Waals surface area contributed by atoms with Gasteiger partial charge in [-0.3, -0.25) is 9.69 Å². The molecule has 1 amide bonds.